The summed E-state index contributed by atoms with van der Waals surface area (Å²) in [5.41, 5.74) is 3.68. The van der Waals surface area contributed by atoms with E-state index in [4.69, 9.17) is 16.3 Å². The van der Waals surface area contributed by atoms with Crippen LogP contribution < -0.4 is 4.74 Å². The Morgan fingerprint density at radius 2 is 1.90 bits per heavy atom. The van der Waals surface area contributed by atoms with Crippen LogP contribution in [-0.2, 0) is 6.61 Å². The summed E-state index contributed by atoms with van der Waals surface area (Å²) in [6, 6.07) is 29.1. The number of aliphatic imine (C=N–C) groups is 1. The lowest BCUT2D eigenvalue weighted by molar-refractivity contribution is 0.306. The number of hydrogen-bond acceptors (Lipinski definition) is 3. The van der Waals surface area contributed by atoms with E-state index in [0.717, 1.165) is 28.3 Å². The highest BCUT2D eigenvalue weighted by molar-refractivity contribution is 6.30. The molecular formula is C24H18ClN3O. The molecule has 1 heterocycles. The highest BCUT2D eigenvalue weighted by atomic mass is 35.5. The second kappa shape index (κ2) is 8.64. The van der Waals surface area contributed by atoms with Crippen molar-refractivity contribution in [1.29, 1.82) is 0 Å². The van der Waals surface area contributed by atoms with Crippen molar-refractivity contribution in [1.82, 2.24) is 9.78 Å². The van der Waals surface area contributed by atoms with Crippen molar-refractivity contribution in [3.63, 3.8) is 0 Å². The van der Waals surface area contributed by atoms with Crippen LogP contribution in [0.2, 0.25) is 5.02 Å². The van der Waals surface area contributed by atoms with Gasteiger partial charge in [-0.15, -0.1) is 0 Å². The molecule has 4 aromatic rings. The molecule has 0 aliphatic heterocycles. The minimum atomic E-state index is 0.450. The molecule has 4 rings (SSSR count). The minimum absolute atomic E-state index is 0.450. The summed E-state index contributed by atoms with van der Waals surface area (Å²) in [6.07, 6.45) is 1.74. The Morgan fingerprint density at radius 3 is 2.69 bits per heavy atom. The topological polar surface area (TPSA) is 39.4 Å². The van der Waals surface area contributed by atoms with Crippen LogP contribution in [0.15, 0.2) is 77.8 Å². The molecule has 0 amide bonds. The third-order valence-electron chi connectivity index (χ3n) is 4.20. The molecule has 0 aliphatic carbocycles. The Bertz CT molecular complexity index is 1120. The Balaban J connectivity index is 1.50. The monoisotopic (exact) mass is 399 g/mol. The predicted octanol–water partition coefficient (Wildman–Crippen LogP) is 5.76. The number of ether oxygens (including phenoxy) is 1. The molecule has 142 valence electrons. The fraction of sp³-hybridized carbons (Fsp3) is 0.0833. The molecule has 0 aliphatic rings. The van der Waals surface area contributed by atoms with Crippen molar-refractivity contribution in [2.24, 2.45) is 4.99 Å². The van der Waals surface area contributed by atoms with Gasteiger partial charge in [0.2, 0.25) is 0 Å². The van der Waals surface area contributed by atoms with Crippen LogP contribution >= 0.6 is 11.6 Å². The maximum Gasteiger partial charge on any atom is 0.155 e. The molecule has 0 fully saturated rings. The van der Waals surface area contributed by atoms with Gasteiger partial charge in [-0.3, -0.25) is 0 Å². The lowest BCUT2D eigenvalue weighted by Gasteiger charge is -2.06. The van der Waals surface area contributed by atoms with Crippen LogP contribution in [0.4, 0.5) is 5.82 Å². The van der Waals surface area contributed by atoms with Gasteiger partial charge >= 0.3 is 0 Å². The van der Waals surface area contributed by atoms with Crippen molar-refractivity contribution < 1.29 is 4.74 Å². The van der Waals surface area contributed by atoms with Crippen molar-refractivity contribution in [2.75, 3.05) is 0 Å². The molecule has 0 N–H and O–H groups in total. The standard InChI is InChI=1S/C24H18ClN3O/c1-18-14-24(28(27-18)22-7-3-2-4-8-22)26-16-20-6-5-9-23(15-20)29-17-19-10-12-21(25)13-11-19/h2-4,7-16H,17H2,1H3. The smallest absolute Gasteiger partial charge is 0.155 e. The molecule has 4 nitrogen and oxygen atoms in total. The quantitative estimate of drug-likeness (QED) is 0.386. The Kier molecular flexibility index (Phi) is 5.60. The molecule has 29 heavy (non-hydrogen) atoms. The minimum Gasteiger partial charge on any atom is -0.488 e. The maximum atomic E-state index is 5.92. The Labute approximate surface area is 175 Å². The molecule has 3 aromatic carbocycles. The maximum absolute atomic E-state index is 5.92. The van der Waals surface area contributed by atoms with Gasteiger partial charge in [0, 0.05) is 28.9 Å². The van der Waals surface area contributed by atoms with Crippen molar-refractivity contribution in [3.8, 4) is 11.4 Å². The van der Waals surface area contributed by atoms with Gasteiger partial charge < -0.3 is 4.74 Å². The summed E-state index contributed by atoms with van der Waals surface area (Å²) < 4.78 is 7.66. The van der Waals surface area contributed by atoms with E-state index >= 15 is 0 Å². The zero-order valence-electron chi connectivity index (χ0n) is 15.8. The molecule has 1 aromatic heterocycles. The van der Waals surface area contributed by atoms with E-state index in [1.165, 1.54) is 0 Å². The van der Waals surface area contributed by atoms with Gasteiger partial charge in [-0.05, 0) is 42.8 Å². The van der Waals surface area contributed by atoms with E-state index in [2.05, 4.69) is 22.2 Å². The molecule has 0 bridgehead atoms. The number of halogens is 1. The first-order valence-corrected chi connectivity index (χ1v) is 9.52. The molecular weight excluding hydrogens is 382 g/mol. The molecule has 0 spiro atoms. The van der Waals surface area contributed by atoms with Crippen molar-refractivity contribution >= 4 is 23.6 Å². The molecule has 0 atom stereocenters. The number of para-hydroxylation sites is 1. The highest BCUT2D eigenvalue weighted by Gasteiger charge is 2.06. The Hall–Kier alpha value is -3.55. The third kappa shape index (κ3) is 4.84. The van der Waals surface area contributed by atoms with Gasteiger partial charge in [-0.2, -0.15) is 5.10 Å². The van der Waals surface area contributed by atoms with Crippen molar-refractivity contribution in [2.45, 2.75) is 13.5 Å². The SMILES string of the molecule is Cc1cc(N=Cc2c#ccc(OCc3ccc(Cl)cc3)c2)n(-c2ccccc2)n1. The number of aromatic nitrogens is 2. The van der Waals surface area contributed by atoms with E-state index in [9.17, 15) is 0 Å². The summed E-state index contributed by atoms with van der Waals surface area (Å²) >= 11 is 5.92. The van der Waals surface area contributed by atoms with Crippen molar-refractivity contribution in [3.05, 3.63) is 107 Å². The fourth-order valence-corrected chi connectivity index (χ4v) is 2.92. The number of benzene rings is 2. The summed E-state index contributed by atoms with van der Waals surface area (Å²) in [6.45, 7) is 2.40. The zero-order valence-corrected chi connectivity index (χ0v) is 16.6. The number of hydrogen-bond donors (Lipinski definition) is 0. The van der Waals surface area contributed by atoms with Gasteiger partial charge in [0.05, 0.1) is 11.4 Å². The van der Waals surface area contributed by atoms with Gasteiger partial charge in [0.25, 0.3) is 0 Å². The van der Waals surface area contributed by atoms with Crippen LogP contribution in [0.1, 0.15) is 16.8 Å². The van der Waals surface area contributed by atoms with E-state index in [1.54, 1.807) is 12.3 Å². The summed E-state index contributed by atoms with van der Waals surface area (Å²) in [4.78, 5) is 4.60. The Morgan fingerprint density at radius 1 is 1.10 bits per heavy atom. The molecule has 0 unspecified atom stereocenters. The average Bonchev–Trinajstić information content (AvgIpc) is 3.13. The van der Waals surface area contributed by atoms with Gasteiger partial charge in [0.15, 0.2) is 5.82 Å². The molecule has 0 radical (unpaired) electrons. The van der Waals surface area contributed by atoms with E-state index in [0.29, 0.717) is 17.4 Å². The van der Waals surface area contributed by atoms with Crippen LogP contribution in [-0.4, -0.2) is 16.0 Å². The normalized spacial score (nSPS) is 10.8. The number of nitrogens with zero attached hydrogens (tertiary/aromatic N) is 3. The largest absolute Gasteiger partial charge is 0.488 e. The predicted molar refractivity (Wildman–Crippen MR) is 115 cm³/mol. The zero-order chi connectivity index (χ0) is 20.1. The molecule has 0 saturated heterocycles. The first-order valence-electron chi connectivity index (χ1n) is 9.14. The van der Waals surface area contributed by atoms with E-state index in [-0.39, 0.29) is 0 Å². The summed E-state index contributed by atoms with van der Waals surface area (Å²) in [5.74, 6) is 1.45. The number of aryl methyl sites for hydroxylation is 1. The fourth-order valence-electron chi connectivity index (χ4n) is 2.79. The van der Waals surface area contributed by atoms with Gasteiger partial charge in [-0.25, -0.2) is 9.67 Å². The van der Waals surface area contributed by atoms with E-state index < -0.39 is 0 Å². The number of rotatable bonds is 6. The lowest BCUT2D eigenvalue weighted by Crippen LogP contribution is -1.96. The second-order valence-corrected chi connectivity index (χ2v) is 6.92. The summed E-state index contributed by atoms with van der Waals surface area (Å²) in [7, 11) is 0. The molecule has 0 saturated carbocycles. The molecule has 5 heteroatoms. The van der Waals surface area contributed by atoms with Crippen LogP contribution in [0, 0.1) is 19.1 Å². The first-order chi connectivity index (χ1) is 14.2. The van der Waals surface area contributed by atoms with E-state index in [1.807, 2.05) is 78.3 Å². The lowest BCUT2D eigenvalue weighted by atomic mass is 10.2. The summed E-state index contributed by atoms with van der Waals surface area (Å²) in [5, 5.41) is 5.24. The van der Waals surface area contributed by atoms with Crippen LogP contribution in [0.25, 0.3) is 5.69 Å². The second-order valence-electron chi connectivity index (χ2n) is 6.48. The first kappa shape index (κ1) is 18.8. The average molecular weight is 400 g/mol. The van der Waals surface area contributed by atoms with Gasteiger partial charge in [0.1, 0.15) is 12.4 Å². The van der Waals surface area contributed by atoms with Gasteiger partial charge in [-0.1, -0.05) is 54.1 Å². The van der Waals surface area contributed by atoms with Crippen LogP contribution in [0.3, 0.4) is 0 Å². The third-order valence-corrected chi connectivity index (χ3v) is 4.45. The highest BCUT2D eigenvalue weighted by Crippen LogP contribution is 2.20. The van der Waals surface area contributed by atoms with Crippen LogP contribution in [0.5, 0.6) is 5.75 Å².